The molecule has 5 heteroatoms. The Morgan fingerprint density at radius 3 is 2.24 bits per heavy atom. The lowest BCUT2D eigenvalue weighted by molar-refractivity contribution is 0.295. The minimum absolute atomic E-state index is 0.127. The third-order valence-electron chi connectivity index (χ3n) is 4.17. The van der Waals surface area contributed by atoms with Crippen molar-refractivity contribution >= 4 is 5.96 Å². The van der Waals surface area contributed by atoms with Crippen LogP contribution in [0.2, 0.25) is 0 Å². The monoisotopic (exact) mass is 342 g/mol. The van der Waals surface area contributed by atoms with Gasteiger partial charge >= 0.3 is 0 Å². The van der Waals surface area contributed by atoms with Crippen LogP contribution in [-0.4, -0.2) is 50.5 Å². The van der Waals surface area contributed by atoms with Crippen LogP contribution >= 0.6 is 0 Å². The van der Waals surface area contributed by atoms with E-state index in [1.807, 2.05) is 51.5 Å². The zero-order valence-electron chi connectivity index (χ0n) is 15.4. The number of guanidine groups is 1. The van der Waals surface area contributed by atoms with Crippen LogP contribution < -0.4 is 5.32 Å². The van der Waals surface area contributed by atoms with E-state index in [0.717, 1.165) is 18.1 Å². The van der Waals surface area contributed by atoms with Crippen molar-refractivity contribution in [2.75, 3.05) is 34.7 Å². The van der Waals surface area contributed by atoms with Crippen molar-refractivity contribution < 1.29 is 4.39 Å². The first-order valence-corrected chi connectivity index (χ1v) is 8.39. The summed E-state index contributed by atoms with van der Waals surface area (Å²) >= 11 is 0. The maximum Gasteiger partial charge on any atom is 0.193 e. The first-order valence-electron chi connectivity index (χ1n) is 8.39. The van der Waals surface area contributed by atoms with Crippen molar-refractivity contribution in [1.29, 1.82) is 0 Å². The van der Waals surface area contributed by atoms with Crippen LogP contribution in [0.25, 0.3) is 0 Å². The highest BCUT2D eigenvalue weighted by Crippen LogP contribution is 2.18. The summed E-state index contributed by atoms with van der Waals surface area (Å²) in [7, 11) is 7.84. The second kappa shape index (κ2) is 9.18. The number of nitrogens with one attached hydrogen (secondary N) is 1. The topological polar surface area (TPSA) is 30.9 Å². The molecule has 1 N–H and O–H groups in total. The minimum atomic E-state index is -0.215. The molecule has 25 heavy (non-hydrogen) atoms. The van der Waals surface area contributed by atoms with Gasteiger partial charge in [0.15, 0.2) is 5.96 Å². The number of hydrogen-bond donors (Lipinski definition) is 1. The number of likely N-dealkylation sites (N-methyl/N-ethyl adjacent to an activating group) is 1. The number of benzene rings is 2. The van der Waals surface area contributed by atoms with E-state index in [1.54, 1.807) is 7.05 Å². The van der Waals surface area contributed by atoms with Crippen LogP contribution in [0, 0.1) is 5.82 Å². The van der Waals surface area contributed by atoms with Gasteiger partial charge in [0.1, 0.15) is 5.82 Å². The highest BCUT2D eigenvalue weighted by atomic mass is 19.1. The largest absolute Gasteiger partial charge is 0.354 e. The molecule has 0 amide bonds. The predicted octanol–water partition coefficient (Wildman–Crippen LogP) is 3.14. The first kappa shape index (κ1) is 18.9. The highest BCUT2D eigenvalue weighted by Gasteiger charge is 2.16. The van der Waals surface area contributed by atoms with Crippen molar-refractivity contribution in [3.05, 3.63) is 71.5 Å². The summed E-state index contributed by atoms with van der Waals surface area (Å²) in [5, 5.41) is 3.42. The van der Waals surface area contributed by atoms with Crippen LogP contribution in [0.15, 0.2) is 59.6 Å². The fourth-order valence-electron chi connectivity index (χ4n) is 2.79. The molecular weight excluding hydrogens is 315 g/mol. The number of hydrogen-bond acceptors (Lipinski definition) is 2. The van der Waals surface area contributed by atoms with Crippen molar-refractivity contribution in [2.45, 2.75) is 12.6 Å². The second-order valence-electron chi connectivity index (χ2n) is 6.30. The fourth-order valence-corrected chi connectivity index (χ4v) is 2.79. The van der Waals surface area contributed by atoms with Gasteiger partial charge in [0, 0.05) is 27.2 Å². The molecule has 2 rings (SSSR count). The molecule has 0 aliphatic rings. The van der Waals surface area contributed by atoms with Gasteiger partial charge in [0.05, 0.1) is 6.04 Å². The van der Waals surface area contributed by atoms with Gasteiger partial charge in [-0.25, -0.2) is 4.39 Å². The molecule has 4 nitrogen and oxygen atoms in total. The molecule has 0 radical (unpaired) electrons. The maximum absolute atomic E-state index is 13.2. The lowest BCUT2D eigenvalue weighted by Gasteiger charge is -2.28. The van der Waals surface area contributed by atoms with Crippen molar-refractivity contribution in [3.63, 3.8) is 0 Å². The normalized spacial score (nSPS) is 13.0. The Morgan fingerprint density at radius 1 is 1.04 bits per heavy atom. The van der Waals surface area contributed by atoms with E-state index in [2.05, 4.69) is 32.2 Å². The van der Waals surface area contributed by atoms with Gasteiger partial charge in [-0.15, -0.1) is 0 Å². The summed E-state index contributed by atoms with van der Waals surface area (Å²) < 4.78 is 13.2. The lowest BCUT2D eigenvalue weighted by atomic mass is 10.1. The number of halogens is 1. The van der Waals surface area contributed by atoms with Crippen LogP contribution in [0.5, 0.6) is 0 Å². The highest BCUT2D eigenvalue weighted by molar-refractivity contribution is 5.79. The molecule has 1 unspecified atom stereocenters. The van der Waals surface area contributed by atoms with Crippen LogP contribution in [-0.2, 0) is 6.54 Å². The zero-order valence-corrected chi connectivity index (χ0v) is 15.4. The third kappa shape index (κ3) is 5.57. The van der Waals surface area contributed by atoms with E-state index in [9.17, 15) is 4.39 Å². The molecule has 0 heterocycles. The molecular formula is C20H27FN4. The summed E-state index contributed by atoms with van der Waals surface area (Å²) in [5.41, 5.74) is 2.30. The molecule has 2 aromatic rings. The average Bonchev–Trinajstić information content (AvgIpc) is 2.60. The molecule has 0 saturated heterocycles. The van der Waals surface area contributed by atoms with Gasteiger partial charge in [0.2, 0.25) is 0 Å². The molecule has 0 spiro atoms. The second-order valence-corrected chi connectivity index (χ2v) is 6.30. The quantitative estimate of drug-likeness (QED) is 0.646. The number of aliphatic imine (C=N–C) groups is 1. The standard InChI is InChI=1S/C20H27FN4/c1-22-20(25(4)15-16-8-6-5-7-9-16)23-14-19(24(2)3)17-10-12-18(21)13-11-17/h5-13,19H,14-15H2,1-4H3,(H,22,23). The van der Waals surface area contributed by atoms with Crippen molar-refractivity contribution in [3.8, 4) is 0 Å². The fraction of sp³-hybridized carbons (Fsp3) is 0.350. The summed E-state index contributed by atoms with van der Waals surface area (Å²) in [6.45, 7) is 1.47. The molecule has 2 aromatic carbocycles. The van der Waals surface area contributed by atoms with E-state index in [4.69, 9.17) is 0 Å². The maximum atomic E-state index is 13.2. The Balaban J connectivity index is 2.01. The Kier molecular flexibility index (Phi) is 6.95. The molecule has 0 aromatic heterocycles. The molecule has 0 aliphatic heterocycles. The van der Waals surface area contributed by atoms with E-state index in [0.29, 0.717) is 6.54 Å². The zero-order chi connectivity index (χ0) is 18.2. The van der Waals surface area contributed by atoms with E-state index < -0.39 is 0 Å². The van der Waals surface area contributed by atoms with E-state index in [1.165, 1.54) is 17.7 Å². The third-order valence-corrected chi connectivity index (χ3v) is 4.17. The number of nitrogens with zero attached hydrogens (tertiary/aromatic N) is 3. The first-order chi connectivity index (χ1) is 12.0. The smallest absolute Gasteiger partial charge is 0.193 e. The van der Waals surface area contributed by atoms with Gasteiger partial charge < -0.3 is 15.1 Å². The van der Waals surface area contributed by atoms with Crippen LogP contribution in [0.3, 0.4) is 0 Å². The van der Waals surface area contributed by atoms with Gasteiger partial charge in [-0.1, -0.05) is 42.5 Å². The summed E-state index contributed by atoms with van der Waals surface area (Å²) in [5.74, 6) is 0.616. The van der Waals surface area contributed by atoms with Crippen LogP contribution in [0.1, 0.15) is 17.2 Å². The van der Waals surface area contributed by atoms with E-state index in [-0.39, 0.29) is 11.9 Å². The van der Waals surface area contributed by atoms with E-state index >= 15 is 0 Å². The summed E-state index contributed by atoms with van der Waals surface area (Å²) in [6.07, 6.45) is 0. The lowest BCUT2D eigenvalue weighted by Crippen LogP contribution is -2.42. The molecule has 0 fully saturated rings. The molecule has 0 aliphatic carbocycles. The molecule has 1 atom stereocenters. The number of rotatable bonds is 6. The Hall–Kier alpha value is -2.40. The van der Waals surface area contributed by atoms with Crippen molar-refractivity contribution in [1.82, 2.24) is 15.1 Å². The summed E-state index contributed by atoms with van der Waals surface area (Å²) in [4.78, 5) is 8.58. The van der Waals surface area contributed by atoms with Gasteiger partial charge in [-0.05, 0) is 37.4 Å². The Morgan fingerprint density at radius 2 is 1.68 bits per heavy atom. The summed E-state index contributed by atoms with van der Waals surface area (Å²) in [6, 6.07) is 17.1. The van der Waals surface area contributed by atoms with Crippen LogP contribution in [0.4, 0.5) is 4.39 Å². The average molecular weight is 342 g/mol. The van der Waals surface area contributed by atoms with Gasteiger partial charge in [-0.2, -0.15) is 0 Å². The predicted molar refractivity (Wildman–Crippen MR) is 102 cm³/mol. The minimum Gasteiger partial charge on any atom is -0.354 e. The Labute approximate surface area is 150 Å². The van der Waals surface area contributed by atoms with Crippen molar-refractivity contribution in [2.24, 2.45) is 4.99 Å². The molecule has 134 valence electrons. The molecule has 0 saturated carbocycles. The molecule has 0 bridgehead atoms. The Bertz CT molecular complexity index is 668. The van der Waals surface area contributed by atoms with Gasteiger partial charge in [-0.3, -0.25) is 4.99 Å². The van der Waals surface area contributed by atoms with Gasteiger partial charge in [0.25, 0.3) is 0 Å². The SMILES string of the molecule is CN=C(NCC(c1ccc(F)cc1)N(C)C)N(C)Cc1ccccc1.